The summed E-state index contributed by atoms with van der Waals surface area (Å²) in [6, 6.07) is 10.7. The maximum atomic E-state index is 11.9. The second kappa shape index (κ2) is 7.09. The molecule has 2 N–H and O–H groups in total. The highest BCUT2D eigenvalue weighted by molar-refractivity contribution is 5.18. The van der Waals surface area contributed by atoms with E-state index in [1.54, 1.807) is 0 Å². The van der Waals surface area contributed by atoms with E-state index in [9.17, 15) is 10.2 Å². The third-order valence-electron chi connectivity index (χ3n) is 10.6. The lowest BCUT2D eigenvalue weighted by Gasteiger charge is -2.61. The first kappa shape index (κ1) is 20.1. The summed E-state index contributed by atoms with van der Waals surface area (Å²) in [5, 5.41) is 22.1. The molecular formula is C27H40O2. The Morgan fingerprint density at radius 1 is 0.897 bits per heavy atom. The molecule has 29 heavy (non-hydrogen) atoms. The molecule has 0 aliphatic heterocycles. The minimum atomic E-state index is -0.501. The Morgan fingerprint density at radius 3 is 2.45 bits per heavy atom. The molecule has 1 aromatic rings. The van der Waals surface area contributed by atoms with Gasteiger partial charge in [-0.1, -0.05) is 44.2 Å². The molecule has 2 nitrogen and oxygen atoms in total. The van der Waals surface area contributed by atoms with E-state index in [1.807, 2.05) is 0 Å². The van der Waals surface area contributed by atoms with E-state index in [4.69, 9.17) is 0 Å². The molecule has 0 unspecified atom stereocenters. The molecule has 0 radical (unpaired) electrons. The summed E-state index contributed by atoms with van der Waals surface area (Å²) in [4.78, 5) is 0. The van der Waals surface area contributed by atoms with Crippen molar-refractivity contribution >= 4 is 0 Å². The number of hydrogen-bond donors (Lipinski definition) is 2. The molecule has 0 bridgehead atoms. The van der Waals surface area contributed by atoms with Gasteiger partial charge in [0.25, 0.3) is 0 Å². The van der Waals surface area contributed by atoms with Crippen molar-refractivity contribution in [1.29, 1.82) is 0 Å². The summed E-state index contributed by atoms with van der Waals surface area (Å²) in [6.45, 7) is 4.99. The molecule has 4 aliphatic carbocycles. The summed E-state index contributed by atoms with van der Waals surface area (Å²) >= 11 is 0. The van der Waals surface area contributed by atoms with Crippen LogP contribution in [0.15, 0.2) is 30.3 Å². The van der Waals surface area contributed by atoms with Crippen molar-refractivity contribution in [3.63, 3.8) is 0 Å². The molecule has 0 aromatic heterocycles. The molecule has 0 amide bonds. The topological polar surface area (TPSA) is 40.5 Å². The van der Waals surface area contributed by atoms with Crippen molar-refractivity contribution in [2.45, 2.75) is 96.2 Å². The van der Waals surface area contributed by atoms with Crippen LogP contribution in [0, 0.1) is 34.5 Å². The summed E-state index contributed by atoms with van der Waals surface area (Å²) in [5.41, 5.74) is 1.36. The molecule has 8 atom stereocenters. The van der Waals surface area contributed by atoms with Gasteiger partial charge >= 0.3 is 0 Å². The standard InChI is InChI=1S/C27H40O2/c1-25-14-11-21(28)18-20(25)8-9-22-23(25)12-15-26(2)24(22)13-17-27(26,29)16-10-19-6-4-3-5-7-19/h3-7,20-24,28-29H,8-18H2,1-2H3/t20-,21+,22-,23-,24+,25-,26-,27+/m0/s1. The van der Waals surface area contributed by atoms with Gasteiger partial charge in [0.2, 0.25) is 0 Å². The highest BCUT2D eigenvalue weighted by Crippen LogP contribution is 2.68. The van der Waals surface area contributed by atoms with Gasteiger partial charge in [0.1, 0.15) is 0 Å². The van der Waals surface area contributed by atoms with Crippen LogP contribution in [0.5, 0.6) is 0 Å². The van der Waals surface area contributed by atoms with E-state index >= 15 is 0 Å². The molecular weight excluding hydrogens is 356 g/mol. The number of rotatable bonds is 3. The van der Waals surface area contributed by atoms with E-state index in [1.165, 1.54) is 44.1 Å². The van der Waals surface area contributed by atoms with Gasteiger partial charge < -0.3 is 10.2 Å². The third-order valence-corrected chi connectivity index (χ3v) is 10.6. The Labute approximate surface area is 177 Å². The summed E-state index contributed by atoms with van der Waals surface area (Å²) in [6.07, 6.45) is 12.4. The maximum absolute atomic E-state index is 11.9. The molecule has 160 valence electrons. The largest absolute Gasteiger partial charge is 0.393 e. The Balaban J connectivity index is 1.35. The zero-order chi connectivity index (χ0) is 20.3. The minimum Gasteiger partial charge on any atom is -0.393 e. The third kappa shape index (κ3) is 3.04. The van der Waals surface area contributed by atoms with Crippen molar-refractivity contribution in [1.82, 2.24) is 0 Å². The zero-order valence-electron chi connectivity index (χ0n) is 18.4. The van der Waals surface area contributed by atoms with Gasteiger partial charge in [0, 0.05) is 0 Å². The van der Waals surface area contributed by atoms with Crippen LogP contribution in [0.2, 0.25) is 0 Å². The average molecular weight is 397 g/mol. The quantitative estimate of drug-likeness (QED) is 0.682. The minimum absolute atomic E-state index is 0.0620. The van der Waals surface area contributed by atoms with E-state index in [0.717, 1.165) is 49.9 Å². The molecule has 4 saturated carbocycles. The van der Waals surface area contributed by atoms with Crippen LogP contribution in [-0.2, 0) is 6.42 Å². The number of hydrogen-bond acceptors (Lipinski definition) is 2. The van der Waals surface area contributed by atoms with Crippen molar-refractivity contribution in [2.75, 3.05) is 0 Å². The maximum Gasteiger partial charge on any atom is 0.0707 e. The van der Waals surface area contributed by atoms with Crippen LogP contribution >= 0.6 is 0 Å². The molecule has 0 saturated heterocycles. The normalized spacial score (nSPS) is 49.2. The van der Waals surface area contributed by atoms with Crippen molar-refractivity contribution < 1.29 is 10.2 Å². The molecule has 2 heteroatoms. The monoisotopic (exact) mass is 396 g/mol. The average Bonchev–Trinajstić information content (AvgIpc) is 2.99. The molecule has 0 heterocycles. The van der Waals surface area contributed by atoms with E-state index < -0.39 is 5.60 Å². The number of fused-ring (bicyclic) bond motifs is 5. The molecule has 4 fully saturated rings. The van der Waals surface area contributed by atoms with Gasteiger partial charge in [0.15, 0.2) is 0 Å². The first-order valence-electron chi connectivity index (χ1n) is 12.3. The number of aryl methyl sites for hydroxylation is 1. The Bertz CT molecular complexity index is 731. The smallest absolute Gasteiger partial charge is 0.0707 e. The fourth-order valence-electron chi connectivity index (χ4n) is 8.75. The second-order valence-electron chi connectivity index (χ2n) is 11.6. The van der Waals surface area contributed by atoms with Crippen molar-refractivity contribution in [3.8, 4) is 0 Å². The van der Waals surface area contributed by atoms with Gasteiger partial charge in [-0.25, -0.2) is 0 Å². The SMILES string of the molecule is C[C@]12CC[C@@H](O)C[C@@H]1CC[C@@H]1[C@H]3CC[C@](O)(CCc4ccccc4)[C@@]3(C)CC[C@@H]12. The number of benzene rings is 1. The fraction of sp³-hybridized carbons (Fsp3) is 0.778. The first-order chi connectivity index (χ1) is 13.9. The van der Waals surface area contributed by atoms with Crippen LogP contribution in [0.1, 0.15) is 83.6 Å². The zero-order valence-corrected chi connectivity index (χ0v) is 18.4. The van der Waals surface area contributed by atoms with Gasteiger partial charge in [-0.15, -0.1) is 0 Å². The molecule has 4 aliphatic rings. The van der Waals surface area contributed by atoms with Gasteiger partial charge in [0.05, 0.1) is 11.7 Å². The van der Waals surface area contributed by atoms with Gasteiger partial charge in [-0.2, -0.15) is 0 Å². The van der Waals surface area contributed by atoms with Crippen molar-refractivity contribution in [3.05, 3.63) is 35.9 Å². The lowest BCUT2D eigenvalue weighted by molar-refractivity contribution is -0.160. The van der Waals surface area contributed by atoms with E-state index in [0.29, 0.717) is 11.3 Å². The first-order valence-corrected chi connectivity index (χ1v) is 12.3. The Kier molecular flexibility index (Phi) is 4.91. The fourth-order valence-corrected chi connectivity index (χ4v) is 8.75. The van der Waals surface area contributed by atoms with Crippen LogP contribution < -0.4 is 0 Å². The summed E-state index contributed by atoms with van der Waals surface area (Å²) in [5.74, 6) is 3.00. The van der Waals surface area contributed by atoms with E-state index in [2.05, 4.69) is 44.2 Å². The van der Waals surface area contributed by atoms with Crippen LogP contribution in [0.4, 0.5) is 0 Å². The van der Waals surface area contributed by atoms with Crippen molar-refractivity contribution in [2.24, 2.45) is 34.5 Å². The predicted molar refractivity (Wildman–Crippen MR) is 117 cm³/mol. The second-order valence-corrected chi connectivity index (χ2v) is 11.6. The Hall–Kier alpha value is -0.860. The molecule has 5 rings (SSSR count). The predicted octanol–water partition coefficient (Wildman–Crippen LogP) is 5.75. The number of aliphatic hydroxyl groups excluding tert-OH is 1. The van der Waals surface area contributed by atoms with E-state index in [-0.39, 0.29) is 11.5 Å². The van der Waals surface area contributed by atoms with Crippen LogP contribution in [0.25, 0.3) is 0 Å². The highest BCUT2D eigenvalue weighted by Gasteiger charge is 2.64. The van der Waals surface area contributed by atoms with Crippen LogP contribution in [0.3, 0.4) is 0 Å². The Morgan fingerprint density at radius 2 is 1.66 bits per heavy atom. The summed E-state index contributed by atoms with van der Waals surface area (Å²) in [7, 11) is 0. The van der Waals surface area contributed by atoms with Gasteiger partial charge in [-0.3, -0.25) is 0 Å². The lowest BCUT2D eigenvalue weighted by atomic mass is 9.44. The lowest BCUT2D eigenvalue weighted by Crippen LogP contribution is -2.56. The van der Waals surface area contributed by atoms with Gasteiger partial charge in [-0.05, 0) is 111 Å². The molecule has 0 spiro atoms. The highest BCUT2D eigenvalue weighted by atomic mass is 16.3. The van der Waals surface area contributed by atoms with Crippen LogP contribution in [-0.4, -0.2) is 21.9 Å². The number of aliphatic hydroxyl groups is 2. The molecule has 1 aromatic carbocycles. The summed E-state index contributed by atoms with van der Waals surface area (Å²) < 4.78 is 0.